The summed E-state index contributed by atoms with van der Waals surface area (Å²) in [6, 6.07) is 8.89. The molecule has 0 unspecified atom stereocenters. The number of nitrogens with one attached hydrogen (secondary N) is 2. The van der Waals surface area contributed by atoms with Crippen molar-refractivity contribution in [1.82, 2.24) is 10.2 Å². The molecule has 0 spiro atoms. The van der Waals surface area contributed by atoms with Crippen LogP contribution in [0, 0.1) is 6.92 Å². The molecule has 0 aliphatic rings. The van der Waals surface area contributed by atoms with Crippen molar-refractivity contribution in [2.24, 2.45) is 0 Å². The van der Waals surface area contributed by atoms with E-state index in [0.29, 0.717) is 23.7 Å². The average Bonchev–Trinajstić information content (AvgIpc) is 2.76. The molecule has 1 heterocycles. The maximum Gasteiger partial charge on any atom is 0.260 e. The highest BCUT2D eigenvalue weighted by atomic mass is 16.5. The van der Waals surface area contributed by atoms with E-state index in [0.717, 1.165) is 5.69 Å². The molecular weight excluding hydrogens is 230 g/mol. The molecule has 5 nitrogen and oxygen atoms in total. The van der Waals surface area contributed by atoms with Gasteiger partial charge in [0.1, 0.15) is 5.75 Å². The number of hydrogen-bond acceptors (Lipinski definition) is 3. The van der Waals surface area contributed by atoms with E-state index in [9.17, 15) is 4.79 Å². The summed E-state index contributed by atoms with van der Waals surface area (Å²) in [4.78, 5) is 12.1. The lowest BCUT2D eigenvalue weighted by atomic mass is 10.2. The molecule has 0 radical (unpaired) electrons. The minimum Gasteiger partial charge on any atom is -0.493 e. The molecule has 0 aliphatic carbocycles. The molecule has 1 aromatic carbocycles. The number of nitrogens with zero attached hydrogens (tertiary/aromatic N) is 1. The Labute approximate surface area is 105 Å². The van der Waals surface area contributed by atoms with Crippen molar-refractivity contribution < 1.29 is 9.53 Å². The Hall–Kier alpha value is -2.30. The van der Waals surface area contributed by atoms with Crippen molar-refractivity contribution in [3.63, 3.8) is 0 Å². The number of anilines is 1. The number of aromatic nitrogens is 2. The van der Waals surface area contributed by atoms with Gasteiger partial charge in [0.25, 0.3) is 5.91 Å². The molecule has 0 saturated heterocycles. The number of hydrogen-bond donors (Lipinski definition) is 2. The van der Waals surface area contributed by atoms with Gasteiger partial charge >= 0.3 is 0 Å². The summed E-state index contributed by atoms with van der Waals surface area (Å²) < 4.78 is 5.41. The second-order valence-corrected chi connectivity index (χ2v) is 3.82. The van der Waals surface area contributed by atoms with E-state index in [-0.39, 0.29) is 5.91 Å². The van der Waals surface area contributed by atoms with E-state index in [1.54, 1.807) is 24.3 Å². The molecule has 18 heavy (non-hydrogen) atoms. The van der Waals surface area contributed by atoms with Gasteiger partial charge in [-0.3, -0.25) is 9.89 Å². The second-order valence-electron chi connectivity index (χ2n) is 3.82. The Morgan fingerprint density at radius 3 is 2.89 bits per heavy atom. The van der Waals surface area contributed by atoms with Crippen LogP contribution in [0.3, 0.4) is 0 Å². The standard InChI is InChI=1S/C13H15N3O2/c1-3-18-11-7-5-4-6-10(11)13(17)14-12-8-9(2)15-16-12/h4-8H,3H2,1-2H3,(H2,14,15,16,17). The molecule has 2 N–H and O–H groups in total. The highest BCUT2D eigenvalue weighted by molar-refractivity contribution is 6.05. The fourth-order valence-corrected chi connectivity index (χ4v) is 1.60. The van der Waals surface area contributed by atoms with Crippen LogP contribution in [0.1, 0.15) is 23.0 Å². The van der Waals surface area contributed by atoms with Gasteiger partial charge in [0.15, 0.2) is 5.82 Å². The molecule has 1 aromatic heterocycles. The van der Waals surface area contributed by atoms with E-state index in [1.807, 2.05) is 19.9 Å². The van der Waals surface area contributed by atoms with Crippen LogP contribution >= 0.6 is 0 Å². The first-order valence-electron chi connectivity index (χ1n) is 5.76. The monoisotopic (exact) mass is 245 g/mol. The minimum absolute atomic E-state index is 0.231. The molecule has 0 fully saturated rings. The third kappa shape index (κ3) is 2.68. The Kier molecular flexibility index (Phi) is 3.62. The molecule has 5 heteroatoms. The van der Waals surface area contributed by atoms with Gasteiger partial charge in [-0.05, 0) is 26.0 Å². The van der Waals surface area contributed by atoms with Gasteiger partial charge in [-0.1, -0.05) is 12.1 Å². The summed E-state index contributed by atoms with van der Waals surface area (Å²) in [5.74, 6) is 0.846. The summed E-state index contributed by atoms with van der Waals surface area (Å²) >= 11 is 0. The van der Waals surface area contributed by atoms with Crippen LogP contribution < -0.4 is 10.1 Å². The van der Waals surface area contributed by atoms with Crippen molar-refractivity contribution in [2.75, 3.05) is 11.9 Å². The summed E-state index contributed by atoms with van der Waals surface area (Å²) in [6.07, 6.45) is 0. The summed E-state index contributed by atoms with van der Waals surface area (Å²) in [6.45, 7) is 4.27. The summed E-state index contributed by atoms with van der Waals surface area (Å²) in [7, 11) is 0. The van der Waals surface area contributed by atoms with Crippen LogP contribution in [0.4, 0.5) is 5.82 Å². The fourth-order valence-electron chi connectivity index (χ4n) is 1.60. The lowest BCUT2D eigenvalue weighted by Crippen LogP contribution is -2.13. The third-order valence-corrected chi connectivity index (χ3v) is 2.38. The summed E-state index contributed by atoms with van der Waals surface area (Å²) in [5, 5.41) is 9.44. The van der Waals surface area contributed by atoms with E-state index >= 15 is 0 Å². The Bertz CT molecular complexity index is 549. The Morgan fingerprint density at radius 1 is 1.44 bits per heavy atom. The number of H-pyrrole nitrogens is 1. The van der Waals surface area contributed by atoms with Crippen LogP contribution in [0.2, 0.25) is 0 Å². The number of rotatable bonds is 4. The van der Waals surface area contributed by atoms with Crippen molar-refractivity contribution in [3.05, 3.63) is 41.6 Å². The van der Waals surface area contributed by atoms with Gasteiger partial charge in [0.05, 0.1) is 12.2 Å². The van der Waals surface area contributed by atoms with Gasteiger partial charge in [-0.15, -0.1) is 0 Å². The quantitative estimate of drug-likeness (QED) is 0.869. The fraction of sp³-hybridized carbons (Fsp3) is 0.231. The summed E-state index contributed by atoms with van der Waals surface area (Å²) in [5.41, 5.74) is 1.39. The number of benzene rings is 1. The van der Waals surface area contributed by atoms with E-state index in [4.69, 9.17) is 4.74 Å². The molecule has 0 saturated carbocycles. The van der Waals surface area contributed by atoms with Gasteiger partial charge in [-0.25, -0.2) is 0 Å². The first-order valence-corrected chi connectivity index (χ1v) is 5.76. The van der Waals surface area contributed by atoms with Gasteiger partial charge in [0.2, 0.25) is 0 Å². The molecule has 0 bridgehead atoms. The number of aryl methyl sites for hydroxylation is 1. The van der Waals surface area contributed by atoms with Crippen molar-refractivity contribution >= 4 is 11.7 Å². The number of para-hydroxylation sites is 1. The van der Waals surface area contributed by atoms with Crippen molar-refractivity contribution in [3.8, 4) is 5.75 Å². The molecule has 94 valence electrons. The van der Waals surface area contributed by atoms with Crippen LogP contribution in [0.5, 0.6) is 5.75 Å². The van der Waals surface area contributed by atoms with E-state index in [1.165, 1.54) is 0 Å². The second kappa shape index (κ2) is 5.35. The number of amides is 1. The predicted octanol–water partition coefficient (Wildman–Crippen LogP) is 2.37. The zero-order chi connectivity index (χ0) is 13.0. The van der Waals surface area contributed by atoms with Gasteiger partial charge < -0.3 is 10.1 Å². The third-order valence-electron chi connectivity index (χ3n) is 2.38. The molecule has 2 aromatic rings. The van der Waals surface area contributed by atoms with E-state index < -0.39 is 0 Å². The molecule has 0 aliphatic heterocycles. The van der Waals surface area contributed by atoms with Crippen molar-refractivity contribution in [2.45, 2.75) is 13.8 Å². The number of carbonyl (C=O) groups excluding carboxylic acids is 1. The molecular formula is C13H15N3O2. The van der Waals surface area contributed by atoms with Crippen molar-refractivity contribution in [1.29, 1.82) is 0 Å². The maximum atomic E-state index is 12.1. The van der Waals surface area contributed by atoms with E-state index in [2.05, 4.69) is 15.5 Å². The van der Waals surface area contributed by atoms with Crippen LogP contribution in [-0.4, -0.2) is 22.7 Å². The lowest BCUT2D eigenvalue weighted by Gasteiger charge is -2.08. The topological polar surface area (TPSA) is 67.0 Å². The molecule has 2 rings (SSSR count). The van der Waals surface area contributed by atoms with Crippen LogP contribution in [-0.2, 0) is 0 Å². The van der Waals surface area contributed by atoms with Gasteiger partial charge in [0, 0.05) is 11.8 Å². The van der Waals surface area contributed by atoms with Crippen LogP contribution in [0.15, 0.2) is 30.3 Å². The minimum atomic E-state index is -0.231. The molecule has 0 atom stereocenters. The zero-order valence-corrected chi connectivity index (χ0v) is 10.4. The van der Waals surface area contributed by atoms with Crippen LogP contribution in [0.25, 0.3) is 0 Å². The zero-order valence-electron chi connectivity index (χ0n) is 10.4. The average molecular weight is 245 g/mol. The highest BCUT2D eigenvalue weighted by Crippen LogP contribution is 2.19. The Balaban J connectivity index is 2.18. The highest BCUT2D eigenvalue weighted by Gasteiger charge is 2.12. The number of ether oxygens (including phenoxy) is 1. The lowest BCUT2D eigenvalue weighted by molar-refractivity contribution is 0.102. The number of aromatic amines is 1. The van der Waals surface area contributed by atoms with Gasteiger partial charge in [-0.2, -0.15) is 5.10 Å². The normalized spacial score (nSPS) is 10.1. The first kappa shape index (κ1) is 12.2. The SMILES string of the molecule is CCOc1ccccc1C(=O)Nc1cc(C)[nH]n1. The largest absolute Gasteiger partial charge is 0.493 e. The smallest absolute Gasteiger partial charge is 0.260 e. The predicted molar refractivity (Wildman–Crippen MR) is 68.9 cm³/mol. The number of carbonyl (C=O) groups is 1. The first-order chi connectivity index (χ1) is 8.70. The Morgan fingerprint density at radius 2 is 2.22 bits per heavy atom. The maximum absolute atomic E-state index is 12.1. The molecule has 1 amide bonds.